The van der Waals surface area contributed by atoms with Crippen molar-refractivity contribution in [2.75, 3.05) is 24.6 Å². The quantitative estimate of drug-likeness (QED) is 0.304. The van der Waals surface area contributed by atoms with Crippen molar-refractivity contribution in [1.82, 2.24) is 29.0 Å². The van der Waals surface area contributed by atoms with Gasteiger partial charge in [0, 0.05) is 42.7 Å². The summed E-state index contributed by atoms with van der Waals surface area (Å²) in [5.41, 5.74) is 3.82. The summed E-state index contributed by atoms with van der Waals surface area (Å²) in [5.74, 6) is 0.719. The first-order chi connectivity index (χ1) is 21.2. The molecule has 2 unspecified atom stereocenters. The molecule has 2 aliphatic rings. The monoisotopic (exact) mass is 655 g/mol. The highest BCUT2D eigenvalue weighted by Gasteiger charge is 2.51. The molecule has 45 heavy (non-hydrogen) atoms. The molecule has 0 radical (unpaired) electrons. The fourth-order valence-electron chi connectivity index (χ4n) is 6.21. The van der Waals surface area contributed by atoms with Crippen LogP contribution in [-0.2, 0) is 44.6 Å². The first-order valence-corrected chi connectivity index (χ1v) is 17.8. The average Bonchev–Trinajstić information content (AvgIpc) is 3.66. The van der Waals surface area contributed by atoms with E-state index in [0.717, 1.165) is 48.3 Å². The van der Waals surface area contributed by atoms with E-state index in [1.165, 1.54) is 0 Å². The lowest BCUT2D eigenvalue weighted by Gasteiger charge is -2.43. The van der Waals surface area contributed by atoms with Crippen molar-refractivity contribution >= 4 is 50.0 Å². The standard InChI is InChI=1S/C32H45N7O4S2/c1-21-27(36-44(40)30(2,3)4)32(20-42-21)12-15-38(16-13-32)28-25(19-43-45(41)31(5,6)7)35-29-24(34-28)18-33-39(29)23-9-10-26-22(17-23)11-14-37(26)8/h9-11,14,17-18,21,27,36H,12-13,15-16,19-20H2,1-8H3/t21-,27+,44?,45?/m0/s1. The number of hydrogen-bond acceptors (Lipinski definition) is 8. The zero-order valence-electron chi connectivity index (χ0n) is 27.5. The summed E-state index contributed by atoms with van der Waals surface area (Å²) < 4.78 is 44.5. The maximum atomic E-state index is 13.1. The van der Waals surface area contributed by atoms with Gasteiger partial charge in [-0.15, -0.1) is 0 Å². The van der Waals surface area contributed by atoms with Crippen LogP contribution in [0.25, 0.3) is 27.8 Å². The van der Waals surface area contributed by atoms with Gasteiger partial charge in [-0.3, -0.25) is 4.18 Å². The number of rotatable bonds is 7. The van der Waals surface area contributed by atoms with Crippen LogP contribution in [-0.4, -0.2) is 74.1 Å². The molecule has 0 amide bonds. The molecule has 6 rings (SSSR count). The number of anilines is 1. The van der Waals surface area contributed by atoms with Crippen LogP contribution in [0.1, 0.15) is 67.0 Å². The van der Waals surface area contributed by atoms with Crippen molar-refractivity contribution in [3.8, 4) is 5.69 Å². The van der Waals surface area contributed by atoms with Gasteiger partial charge in [-0.1, -0.05) is 0 Å². The first kappa shape index (κ1) is 32.2. The summed E-state index contributed by atoms with van der Waals surface area (Å²) in [5, 5.41) is 5.79. The van der Waals surface area contributed by atoms with Gasteiger partial charge in [0.15, 0.2) is 22.5 Å². The number of piperidine rings is 1. The van der Waals surface area contributed by atoms with Crippen LogP contribution in [0.15, 0.2) is 36.7 Å². The SMILES string of the molecule is C[C@@H]1OCC2(CCN(c3nc4cnn(-c5ccc6c(ccn6C)c5)c4nc3COS(=O)C(C)(C)C)CC2)[C@@H]1NS(=O)C(C)(C)C. The highest BCUT2D eigenvalue weighted by molar-refractivity contribution is 7.84. The Kier molecular flexibility index (Phi) is 8.47. The molecule has 244 valence electrons. The highest BCUT2D eigenvalue weighted by atomic mass is 32.2. The van der Waals surface area contributed by atoms with Crippen molar-refractivity contribution in [1.29, 1.82) is 0 Å². The molecule has 0 bridgehead atoms. The number of aryl methyl sites for hydroxylation is 1. The second kappa shape index (κ2) is 11.8. The Balaban J connectivity index is 1.31. The molecule has 1 N–H and O–H groups in total. The molecule has 4 atom stereocenters. The predicted molar refractivity (Wildman–Crippen MR) is 180 cm³/mol. The normalized spacial score (nSPS) is 22.1. The van der Waals surface area contributed by atoms with Crippen molar-refractivity contribution < 1.29 is 17.3 Å². The van der Waals surface area contributed by atoms with Gasteiger partial charge < -0.3 is 14.2 Å². The lowest BCUT2D eigenvalue weighted by molar-refractivity contribution is 0.0973. The Morgan fingerprint density at radius 2 is 1.80 bits per heavy atom. The van der Waals surface area contributed by atoms with Crippen molar-refractivity contribution in [3.05, 3.63) is 42.4 Å². The van der Waals surface area contributed by atoms with E-state index in [0.29, 0.717) is 23.5 Å². The molecule has 13 heteroatoms. The van der Waals surface area contributed by atoms with E-state index < -0.39 is 26.8 Å². The fourth-order valence-corrected chi connectivity index (χ4v) is 7.81. The Morgan fingerprint density at radius 1 is 1.07 bits per heavy atom. The smallest absolute Gasteiger partial charge is 0.182 e. The van der Waals surface area contributed by atoms with Gasteiger partial charge in [0.1, 0.15) is 17.8 Å². The topological polar surface area (TPSA) is 116 Å². The summed E-state index contributed by atoms with van der Waals surface area (Å²) >= 11 is -1.52. The number of aromatic nitrogens is 5. The molecule has 0 saturated carbocycles. The molecule has 1 spiro atoms. The summed E-state index contributed by atoms with van der Waals surface area (Å²) in [4.78, 5) is 12.4. The van der Waals surface area contributed by atoms with Crippen LogP contribution in [0.3, 0.4) is 0 Å². The van der Waals surface area contributed by atoms with Crippen LogP contribution in [0.2, 0.25) is 0 Å². The molecular formula is C32H45N7O4S2. The van der Waals surface area contributed by atoms with Crippen molar-refractivity contribution in [3.63, 3.8) is 0 Å². The summed E-state index contributed by atoms with van der Waals surface area (Å²) in [7, 11) is 0.830. The van der Waals surface area contributed by atoms with Gasteiger partial charge in [0.05, 0.1) is 51.1 Å². The lowest BCUT2D eigenvalue weighted by atomic mass is 9.73. The van der Waals surface area contributed by atoms with Crippen LogP contribution >= 0.6 is 0 Å². The fraction of sp³-hybridized carbons (Fsp3) is 0.594. The maximum Gasteiger partial charge on any atom is 0.182 e. The number of benzene rings is 1. The number of nitrogens with one attached hydrogen (secondary N) is 1. The number of hydrogen-bond donors (Lipinski definition) is 1. The third-order valence-corrected chi connectivity index (χ3v) is 11.9. The molecule has 3 aromatic heterocycles. The molecule has 11 nitrogen and oxygen atoms in total. The van der Waals surface area contributed by atoms with Gasteiger partial charge in [0.2, 0.25) is 0 Å². The largest absolute Gasteiger partial charge is 0.376 e. The molecule has 2 saturated heterocycles. The average molecular weight is 656 g/mol. The van der Waals surface area contributed by atoms with Gasteiger partial charge in [0.25, 0.3) is 0 Å². The second-order valence-corrected chi connectivity index (χ2v) is 18.3. The van der Waals surface area contributed by atoms with E-state index in [1.807, 2.05) is 60.9 Å². The predicted octanol–water partition coefficient (Wildman–Crippen LogP) is 4.71. The third kappa shape index (κ3) is 6.21. The summed E-state index contributed by atoms with van der Waals surface area (Å²) in [6.45, 7) is 15.8. The first-order valence-electron chi connectivity index (χ1n) is 15.6. The van der Waals surface area contributed by atoms with E-state index in [4.69, 9.17) is 18.9 Å². The molecule has 5 heterocycles. The Hall–Kier alpha value is -2.71. The molecule has 2 fully saturated rings. The number of fused-ring (bicyclic) bond motifs is 2. The van der Waals surface area contributed by atoms with E-state index in [1.54, 1.807) is 10.9 Å². The zero-order valence-corrected chi connectivity index (χ0v) is 29.1. The van der Waals surface area contributed by atoms with E-state index in [2.05, 4.69) is 44.4 Å². The Bertz CT molecular complexity index is 1760. The van der Waals surface area contributed by atoms with Crippen molar-refractivity contribution in [2.24, 2.45) is 12.5 Å². The van der Waals surface area contributed by atoms with Crippen molar-refractivity contribution in [2.45, 2.75) is 89.6 Å². The van der Waals surface area contributed by atoms with Gasteiger partial charge in [-0.05, 0) is 85.6 Å². The summed E-state index contributed by atoms with van der Waals surface area (Å²) in [6.07, 6.45) is 5.45. The summed E-state index contributed by atoms with van der Waals surface area (Å²) in [6, 6.07) is 8.27. The lowest BCUT2D eigenvalue weighted by Crippen LogP contribution is -2.55. The van der Waals surface area contributed by atoms with Gasteiger partial charge in [-0.25, -0.2) is 27.8 Å². The molecule has 4 aromatic rings. The van der Waals surface area contributed by atoms with Crippen LogP contribution in [0, 0.1) is 5.41 Å². The Labute approximate surface area is 270 Å². The van der Waals surface area contributed by atoms with Crippen LogP contribution < -0.4 is 9.62 Å². The minimum atomic E-state index is -1.52. The van der Waals surface area contributed by atoms with Crippen LogP contribution in [0.5, 0.6) is 0 Å². The zero-order chi connectivity index (χ0) is 32.3. The van der Waals surface area contributed by atoms with Gasteiger partial charge in [-0.2, -0.15) is 5.10 Å². The Morgan fingerprint density at radius 3 is 2.49 bits per heavy atom. The molecule has 1 aromatic carbocycles. The number of nitrogens with zero attached hydrogens (tertiary/aromatic N) is 6. The molecule has 2 aliphatic heterocycles. The van der Waals surface area contributed by atoms with Gasteiger partial charge >= 0.3 is 0 Å². The second-order valence-electron chi connectivity index (χ2n) is 14.4. The van der Waals surface area contributed by atoms with E-state index in [-0.39, 0.29) is 28.9 Å². The number of ether oxygens (including phenoxy) is 1. The maximum absolute atomic E-state index is 13.1. The highest BCUT2D eigenvalue weighted by Crippen LogP contribution is 2.44. The van der Waals surface area contributed by atoms with E-state index in [9.17, 15) is 8.42 Å². The van der Waals surface area contributed by atoms with Crippen LogP contribution in [0.4, 0.5) is 5.82 Å². The molecular weight excluding hydrogens is 611 g/mol. The van der Waals surface area contributed by atoms with E-state index >= 15 is 0 Å². The minimum Gasteiger partial charge on any atom is -0.376 e. The molecule has 0 aliphatic carbocycles. The minimum absolute atomic E-state index is 0.00883. The third-order valence-electron chi connectivity index (χ3n) is 8.98.